The van der Waals surface area contributed by atoms with Gasteiger partial charge in [0.15, 0.2) is 0 Å². The van der Waals surface area contributed by atoms with Crippen molar-refractivity contribution in [3.8, 4) is 11.5 Å². The third-order valence-electron chi connectivity index (χ3n) is 1.59. The number of aromatic nitrogens is 3. The van der Waals surface area contributed by atoms with Gasteiger partial charge in [-0.2, -0.15) is 0 Å². The lowest BCUT2D eigenvalue weighted by Crippen LogP contribution is -1.99. The molecular weight excluding hydrogens is 186 g/mol. The molecule has 0 saturated heterocycles. The smallest absolute Gasteiger partial charge is 0.354 e. The van der Waals surface area contributed by atoms with Gasteiger partial charge in [-0.3, -0.25) is 0 Å². The molecule has 14 heavy (non-hydrogen) atoms. The summed E-state index contributed by atoms with van der Waals surface area (Å²) in [6.07, 6.45) is 2.55. The van der Waals surface area contributed by atoms with Crippen molar-refractivity contribution in [2.75, 3.05) is 0 Å². The molecule has 0 aliphatic carbocycles. The highest BCUT2D eigenvalue weighted by molar-refractivity contribution is 5.86. The summed E-state index contributed by atoms with van der Waals surface area (Å²) in [6.45, 7) is 0. The molecule has 70 valence electrons. The van der Waals surface area contributed by atoms with Gasteiger partial charge in [0.05, 0.1) is 0 Å². The largest absolute Gasteiger partial charge is 0.477 e. The normalized spacial score (nSPS) is 10.0. The van der Waals surface area contributed by atoms with Crippen molar-refractivity contribution < 1.29 is 14.3 Å². The van der Waals surface area contributed by atoms with E-state index in [0.29, 0.717) is 5.56 Å². The minimum Gasteiger partial charge on any atom is -0.477 e. The van der Waals surface area contributed by atoms with Crippen molar-refractivity contribution in [3.63, 3.8) is 0 Å². The molecule has 1 N–H and O–H groups in total. The highest BCUT2D eigenvalue weighted by Crippen LogP contribution is 2.15. The van der Waals surface area contributed by atoms with Crippen molar-refractivity contribution in [2.45, 2.75) is 0 Å². The Morgan fingerprint density at radius 2 is 2.36 bits per heavy atom. The minimum absolute atomic E-state index is 0.0549. The molecule has 2 aromatic heterocycles. The maximum Gasteiger partial charge on any atom is 0.354 e. The van der Waals surface area contributed by atoms with Crippen molar-refractivity contribution in [1.29, 1.82) is 0 Å². The van der Waals surface area contributed by atoms with Crippen LogP contribution in [0.1, 0.15) is 10.5 Å². The molecular formula is C8H5N3O3. The summed E-state index contributed by atoms with van der Waals surface area (Å²) in [7, 11) is 0. The number of carboxylic acid groups (broad SMARTS) is 1. The number of aromatic carboxylic acids is 1. The molecule has 0 aliphatic rings. The van der Waals surface area contributed by atoms with Crippen molar-refractivity contribution in [1.82, 2.24) is 15.2 Å². The monoisotopic (exact) mass is 191 g/mol. The van der Waals surface area contributed by atoms with Crippen LogP contribution in [0.2, 0.25) is 0 Å². The maximum atomic E-state index is 10.6. The van der Waals surface area contributed by atoms with Crippen LogP contribution in [0, 0.1) is 0 Å². The zero-order valence-electron chi connectivity index (χ0n) is 6.91. The molecule has 2 heterocycles. The number of pyridine rings is 1. The van der Waals surface area contributed by atoms with Crippen LogP contribution in [0.5, 0.6) is 0 Å². The van der Waals surface area contributed by atoms with E-state index in [9.17, 15) is 4.79 Å². The molecule has 0 amide bonds. The van der Waals surface area contributed by atoms with Gasteiger partial charge in [0.1, 0.15) is 5.69 Å². The van der Waals surface area contributed by atoms with E-state index in [4.69, 9.17) is 9.52 Å². The van der Waals surface area contributed by atoms with Gasteiger partial charge < -0.3 is 9.52 Å². The number of nitrogens with zero attached hydrogens (tertiary/aromatic N) is 3. The first-order chi connectivity index (χ1) is 6.77. The Kier molecular flexibility index (Phi) is 1.94. The molecule has 0 bridgehead atoms. The third-order valence-corrected chi connectivity index (χ3v) is 1.59. The zero-order valence-corrected chi connectivity index (χ0v) is 6.91. The fourth-order valence-corrected chi connectivity index (χ4v) is 0.979. The standard InChI is InChI=1S/C8H5N3O3/c12-8(13)6-3-5(1-2-9-6)7-11-10-4-14-7/h1-4H,(H,12,13). The lowest BCUT2D eigenvalue weighted by molar-refractivity contribution is 0.0690. The average Bonchev–Trinajstić information content (AvgIpc) is 2.71. The Morgan fingerprint density at radius 1 is 1.50 bits per heavy atom. The molecule has 6 heteroatoms. The highest BCUT2D eigenvalue weighted by Gasteiger charge is 2.08. The second kappa shape index (κ2) is 3.25. The summed E-state index contributed by atoms with van der Waals surface area (Å²) < 4.78 is 4.91. The van der Waals surface area contributed by atoms with Crippen LogP contribution in [0.3, 0.4) is 0 Å². The first kappa shape index (κ1) is 8.36. The molecule has 6 nitrogen and oxygen atoms in total. The molecule has 0 radical (unpaired) electrons. The van der Waals surface area contributed by atoms with Crippen LogP contribution in [0.4, 0.5) is 0 Å². The first-order valence-electron chi connectivity index (χ1n) is 3.73. The van der Waals surface area contributed by atoms with Crippen LogP contribution >= 0.6 is 0 Å². The third kappa shape index (κ3) is 1.45. The minimum atomic E-state index is -1.09. The van der Waals surface area contributed by atoms with Crippen molar-refractivity contribution >= 4 is 5.97 Å². The molecule has 0 aliphatic heterocycles. The van der Waals surface area contributed by atoms with E-state index in [0.717, 1.165) is 0 Å². The number of rotatable bonds is 2. The van der Waals surface area contributed by atoms with Crippen LogP contribution in [0.15, 0.2) is 29.1 Å². The molecule has 0 saturated carbocycles. The number of hydrogen-bond acceptors (Lipinski definition) is 5. The van der Waals surface area contributed by atoms with Gasteiger partial charge in [0, 0.05) is 11.8 Å². The fourth-order valence-electron chi connectivity index (χ4n) is 0.979. The Hall–Kier alpha value is -2.24. The SMILES string of the molecule is O=C(O)c1cc(-c2nnco2)ccn1. The molecule has 0 fully saturated rings. The van der Waals surface area contributed by atoms with Crippen LogP contribution in [-0.2, 0) is 0 Å². The van der Waals surface area contributed by atoms with E-state index in [-0.39, 0.29) is 11.6 Å². The van der Waals surface area contributed by atoms with Crippen molar-refractivity contribution in [2.24, 2.45) is 0 Å². The van der Waals surface area contributed by atoms with Gasteiger partial charge in [-0.05, 0) is 12.1 Å². The summed E-state index contributed by atoms with van der Waals surface area (Å²) in [5.74, 6) is -0.818. The molecule has 0 aromatic carbocycles. The van der Waals surface area contributed by atoms with Crippen molar-refractivity contribution in [3.05, 3.63) is 30.4 Å². The van der Waals surface area contributed by atoms with E-state index in [2.05, 4.69) is 15.2 Å². The predicted octanol–water partition coefficient (Wildman–Crippen LogP) is 0.830. The Morgan fingerprint density at radius 3 is 3.00 bits per heavy atom. The number of carbonyl (C=O) groups is 1. The predicted molar refractivity (Wildman–Crippen MR) is 44.5 cm³/mol. The number of hydrogen-bond donors (Lipinski definition) is 1. The van der Waals surface area contributed by atoms with Crippen LogP contribution in [0.25, 0.3) is 11.5 Å². The molecule has 2 aromatic rings. The summed E-state index contributed by atoms with van der Waals surface area (Å²) >= 11 is 0. The Bertz CT molecular complexity index is 453. The van der Waals surface area contributed by atoms with Gasteiger partial charge in [-0.15, -0.1) is 10.2 Å². The Balaban J connectivity index is 2.46. The van der Waals surface area contributed by atoms with Crippen LogP contribution in [-0.4, -0.2) is 26.3 Å². The van der Waals surface area contributed by atoms with Gasteiger partial charge in [-0.1, -0.05) is 0 Å². The molecule has 0 unspecified atom stereocenters. The first-order valence-corrected chi connectivity index (χ1v) is 3.73. The highest BCUT2D eigenvalue weighted by atomic mass is 16.4. The van der Waals surface area contributed by atoms with E-state index in [1.54, 1.807) is 6.07 Å². The van der Waals surface area contributed by atoms with Gasteiger partial charge in [-0.25, -0.2) is 9.78 Å². The number of carboxylic acids is 1. The summed E-state index contributed by atoms with van der Waals surface area (Å²) in [5.41, 5.74) is 0.482. The van der Waals surface area contributed by atoms with Gasteiger partial charge >= 0.3 is 5.97 Å². The second-order valence-electron chi connectivity index (χ2n) is 2.48. The van der Waals surface area contributed by atoms with Gasteiger partial charge in [0.2, 0.25) is 12.3 Å². The van der Waals surface area contributed by atoms with E-state index in [1.165, 1.54) is 18.7 Å². The lowest BCUT2D eigenvalue weighted by Gasteiger charge is -1.95. The second-order valence-corrected chi connectivity index (χ2v) is 2.48. The Labute approximate surface area is 78.2 Å². The van der Waals surface area contributed by atoms with E-state index in [1.807, 2.05) is 0 Å². The summed E-state index contributed by atoms with van der Waals surface area (Å²) in [6, 6.07) is 2.97. The quantitative estimate of drug-likeness (QED) is 0.756. The summed E-state index contributed by atoms with van der Waals surface area (Å²) in [4.78, 5) is 14.3. The van der Waals surface area contributed by atoms with E-state index >= 15 is 0 Å². The van der Waals surface area contributed by atoms with Gasteiger partial charge in [0.25, 0.3) is 0 Å². The average molecular weight is 191 g/mol. The molecule has 0 spiro atoms. The van der Waals surface area contributed by atoms with E-state index < -0.39 is 5.97 Å². The zero-order chi connectivity index (χ0) is 9.97. The lowest BCUT2D eigenvalue weighted by atomic mass is 10.2. The fraction of sp³-hybridized carbons (Fsp3) is 0. The summed E-state index contributed by atoms with van der Waals surface area (Å²) in [5, 5.41) is 15.8. The van der Waals surface area contributed by atoms with Crippen LogP contribution < -0.4 is 0 Å². The topological polar surface area (TPSA) is 89.1 Å². The maximum absolute atomic E-state index is 10.6. The molecule has 2 rings (SSSR count). The molecule has 0 atom stereocenters.